The molecule has 1 saturated carbocycles. The van der Waals surface area contributed by atoms with Crippen molar-refractivity contribution in [2.75, 3.05) is 13.6 Å². The second kappa shape index (κ2) is 6.28. The Labute approximate surface area is 123 Å². The summed E-state index contributed by atoms with van der Waals surface area (Å²) < 4.78 is 0. The molecule has 0 spiro atoms. The number of aliphatic hydroxyl groups excluding tert-OH is 1. The summed E-state index contributed by atoms with van der Waals surface area (Å²) in [4.78, 5) is 2.35. The molecule has 0 aliphatic heterocycles. The van der Waals surface area contributed by atoms with Crippen molar-refractivity contribution in [1.29, 1.82) is 0 Å². The maximum absolute atomic E-state index is 10.2. The van der Waals surface area contributed by atoms with E-state index >= 15 is 0 Å². The zero-order valence-electron chi connectivity index (χ0n) is 13.4. The quantitative estimate of drug-likeness (QED) is 0.907. The summed E-state index contributed by atoms with van der Waals surface area (Å²) in [5.41, 5.74) is 3.06. The first-order valence-corrected chi connectivity index (χ1v) is 7.78. The van der Waals surface area contributed by atoms with Gasteiger partial charge < -0.3 is 10.0 Å². The Hall–Kier alpha value is -0.860. The number of hydrogen-bond donors (Lipinski definition) is 1. The third-order valence-electron chi connectivity index (χ3n) is 4.56. The number of aliphatic hydroxyl groups is 1. The minimum absolute atomic E-state index is 0.122. The Balaban J connectivity index is 1.91. The maximum atomic E-state index is 10.2. The monoisotopic (exact) mass is 275 g/mol. The van der Waals surface area contributed by atoms with Gasteiger partial charge in [-0.05, 0) is 50.1 Å². The van der Waals surface area contributed by atoms with Crippen molar-refractivity contribution in [3.63, 3.8) is 0 Å². The van der Waals surface area contributed by atoms with E-state index in [0.29, 0.717) is 11.3 Å². The molecule has 2 nitrogen and oxygen atoms in total. The normalized spacial score (nSPS) is 25.9. The molecule has 2 heteroatoms. The van der Waals surface area contributed by atoms with Crippen molar-refractivity contribution in [3.05, 3.63) is 35.4 Å². The smallest absolute Gasteiger partial charge is 0.0581 e. The molecule has 0 saturated heterocycles. The molecule has 1 aromatic rings. The molecular formula is C18H29NO. The molecule has 20 heavy (non-hydrogen) atoms. The molecule has 1 fully saturated rings. The predicted molar refractivity (Wildman–Crippen MR) is 84.6 cm³/mol. The Bertz CT molecular complexity index is 441. The van der Waals surface area contributed by atoms with Gasteiger partial charge in [0.25, 0.3) is 0 Å². The van der Waals surface area contributed by atoms with Crippen LogP contribution < -0.4 is 0 Å². The number of aryl methyl sites for hydroxylation is 1. The highest BCUT2D eigenvalue weighted by molar-refractivity contribution is 5.22. The first-order valence-electron chi connectivity index (χ1n) is 7.78. The van der Waals surface area contributed by atoms with Gasteiger partial charge in [-0.2, -0.15) is 0 Å². The number of hydrogen-bond acceptors (Lipinski definition) is 2. The SMILES string of the molecule is Cc1cccc(CN(C)CC2CC(C)(C)CCC2O)c1. The lowest BCUT2D eigenvalue weighted by Gasteiger charge is -2.40. The van der Waals surface area contributed by atoms with Crippen LogP contribution in [0.15, 0.2) is 24.3 Å². The summed E-state index contributed by atoms with van der Waals surface area (Å²) in [6.45, 7) is 8.74. The molecule has 2 atom stereocenters. The van der Waals surface area contributed by atoms with Gasteiger partial charge in [0.1, 0.15) is 0 Å². The predicted octanol–water partition coefficient (Wildman–Crippen LogP) is 3.61. The fourth-order valence-electron chi connectivity index (χ4n) is 3.50. The van der Waals surface area contributed by atoms with Crippen LogP contribution in [0.1, 0.15) is 44.2 Å². The van der Waals surface area contributed by atoms with Crippen molar-refractivity contribution in [2.24, 2.45) is 11.3 Å². The molecule has 0 amide bonds. The van der Waals surface area contributed by atoms with E-state index in [1.165, 1.54) is 11.1 Å². The highest BCUT2D eigenvalue weighted by Crippen LogP contribution is 2.39. The second-order valence-corrected chi connectivity index (χ2v) is 7.42. The van der Waals surface area contributed by atoms with E-state index in [1.807, 2.05) is 0 Å². The van der Waals surface area contributed by atoms with E-state index < -0.39 is 0 Å². The highest BCUT2D eigenvalue weighted by atomic mass is 16.3. The summed E-state index contributed by atoms with van der Waals surface area (Å²) in [7, 11) is 2.16. The summed E-state index contributed by atoms with van der Waals surface area (Å²) in [6.07, 6.45) is 3.11. The first kappa shape index (κ1) is 15.5. The van der Waals surface area contributed by atoms with Crippen molar-refractivity contribution in [1.82, 2.24) is 4.90 Å². The van der Waals surface area contributed by atoms with E-state index in [4.69, 9.17) is 0 Å². The zero-order valence-corrected chi connectivity index (χ0v) is 13.4. The van der Waals surface area contributed by atoms with Crippen molar-refractivity contribution in [2.45, 2.75) is 52.7 Å². The van der Waals surface area contributed by atoms with E-state index in [9.17, 15) is 5.11 Å². The summed E-state index contributed by atoms with van der Waals surface area (Å²) in [5.74, 6) is 0.411. The lowest BCUT2D eigenvalue weighted by atomic mass is 9.71. The van der Waals surface area contributed by atoms with Gasteiger partial charge in [-0.25, -0.2) is 0 Å². The van der Waals surface area contributed by atoms with Crippen LogP contribution in [0.3, 0.4) is 0 Å². The summed E-state index contributed by atoms with van der Waals surface area (Å²) in [5, 5.41) is 10.2. The minimum atomic E-state index is -0.122. The topological polar surface area (TPSA) is 23.5 Å². The third kappa shape index (κ3) is 4.32. The van der Waals surface area contributed by atoms with E-state index in [-0.39, 0.29) is 6.10 Å². The summed E-state index contributed by atoms with van der Waals surface area (Å²) >= 11 is 0. The molecule has 0 heterocycles. The van der Waals surface area contributed by atoms with Gasteiger partial charge >= 0.3 is 0 Å². The molecule has 0 aromatic heterocycles. The fraction of sp³-hybridized carbons (Fsp3) is 0.667. The molecule has 1 aliphatic carbocycles. The lowest BCUT2D eigenvalue weighted by molar-refractivity contribution is 0.00673. The van der Waals surface area contributed by atoms with Gasteiger partial charge in [-0.1, -0.05) is 43.7 Å². The Kier molecular flexibility index (Phi) is 4.87. The van der Waals surface area contributed by atoms with E-state index in [1.54, 1.807) is 0 Å². The van der Waals surface area contributed by atoms with Gasteiger partial charge in [0.05, 0.1) is 6.10 Å². The summed E-state index contributed by atoms with van der Waals surface area (Å²) in [6, 6.07) is 8.69. The number of nitrogens with zero attached hydrogens (tertiary/aromatic N) is 1. The van der Waals surface area contributed by atoms with Gasteiger partial charge in [0, 0.05) is 13.1 Å². The van der Waals surface area contributed by atoms with Crippen LogP contribution in [0.4, 0.5) is 0 Å². The Morgan fingerprint density at radius 1 is 1.35 bits per heavy atom. The van der Waals surface area contributed by atoms with Gasteiger partial charge in [-0.3, -0.25) is 0 Å². The molecular weight excluding hydrogens is 246 g/mol. The number of rotatable bonds is 4. The maximum Gasteiger partial charge on any atom is 0.0581 e. The molecule has 0 bridgehead atoms. The van der Waals surface area contributed by atoms with Crippen LogP contribution in [-0.2, 0) is 6.54 Å². The van der Waals surface area contributed by atoms with Crippen molar-refractivity contribution < 1.29 is 5.11 Å². The first-order chi connectivity index (χ1) is 9.35. The average Bonchev–Trinajstić information content (AvgIpc) is 2.33. The van der Waals surface area contributed by atoms with Gasteiger partial charge in [-0.15, -0.1) is 0 Å². The van der Waals surface area contributed by atoms with Crippen LogP contribution in [0.25, 0.3) is 0 Å². The zero-order chi connectivity index (χ0) is 14.8. The van der Waals surface area contributed by atoms with Crippen molar-refractivity contribution >= 4 is 0 Å². The Morgan fingerprint density at radius 2 is 2.10 bits per heavy atom. The third-order valence-corrected chi connectivity index (χ3v) is 4.56. The van der Waals surface area contributed by atoms with Crippen LogP contribution in [0, 0.1) is 18.3 Å². The number of benzene rings is 1. The van der Waals surface area contributed by atoms with Crippen LogP contribution in [0.5, 0.6) is 0 Å². The Morgan fingerprint density at radius 3 is 2.80 bits per heavy atom. The van der Waals surface area contributed by atoms with E-state index in [2.05, 4.69) is 57.0 Å². The lowest BCUT2D eigenvalue weighted by Crippen LogP contribution is -2.39. The van der Waals surface area contributed by atoms with Gasteiger partial charge in [0.15, 0.2) is 0 Å². The standard InChI is InChI=1S/C18H29NO/c1-14-6-5-7-15(10-14)12-19(4)13-16-11-18(2,3)9-8-17(16)20/h5-7,10,16-17,20H,8-9,11-13H2,1-4H3. The van der Waals surface area contributed by atoms with Crippen LogP contribution in [-0.4, -0.2) is 29.7 Å². The fourth-order valence-corrected chi connectivity index (χ4v) is 3.50. The molecule has 112 valence electrons. The second-order valence-electron chi connectivity index (χ2n) is 7.42. The molecule has 2 rings (SSSR count). The minimum Gasteiger partial charge on any atom is -0.393 e. The van der Waals surface area contributed by atoms with Crippen LogP contribution >= 0.6 is 0 Å². The van der Waals surface area contributed by atoms with Gasteiger partial charge in [0.2, 0.25) is 0 Å². The molecule has 0 radical (unpaired) electrons. The molecule has 2 unspecified atom stereocenters. The highest BCUT2D eigenvalue weighted by Gasteiger charge is 2.34. The molecule has 1 aromatic carbocycles. The van der Waals surface area contributed by atoms with Crippen molar-refractivity contribution in [3.8, 4) is 0 Å². The average molecular weight is 275 g/mol. The van der Waals surface area contributed by atoms with E-state index in [0.717, 1.165) is 32.4 Å². The molecule has 1 aliphatic rings. The molecule has 1 N–H and O–H groups in total. The van der Waals surface area contributed by atoms with Crippen LogP contribution in [0.2, 0.25) is 0 Å². The largest absolute Gasteiger partial charge is 0.393 e.